The molecule has 0 aromatic carbocycles. The van der Waals surface area contributed by atoms with Gasteiger partial charge in [0.2, 0.25) is 0 Å². The second-order valence-electron chi connectivity index (χ2n) is 3.73. The Balaban J connectivity index is 2.17. The van der Waals surface area contributed by atoms with Crippen molar-refractivity contribution in [1.29, 1.82) is 0 Å². The Kier molecular flexibility index (Phi) is 2.21. The van der Waals surface area contributed by atoms with Gasteiger partial charge in [-0.15, -0.1) is 0 Å². The number of anilines is 2. The maximum absolute atomic E-state index is 4.48. The summed E-state index contributed by atoms with van der Waals surface area (Å²) in [4.78, 5) is 11.0. The summed E-state index contributed by atoms with van der Waals surface area (Å²) >= 11 is 3.55. The number of rotatable bonds is 1. The summed E-state index contributed by atoms with van der Waals surface area (Å²) in [5, 5.41) is 3.06. The van der Waals surface area contributed by atoms with E-state index < -0.39 is 0 Å². The number of halogens is 1. The quantitative estimate of drug-likeness (QED) is 0.855. The summed E-state index contributed by atoms with van der Waals surface area (Å²) in [6, 6.07) is 2.06. The fraction of sp³-hybridized carbons (Fsp3) is 0.273. The molecule has 0 fully saturated rings. The van der Waals surface area contributed by atoms with Crippen LogP contribution in [0.5, 0.6) is 0 Å². The maximum Gasteiger partial charge on any atom is 0.142 e. The predicted octanol–water partition coefficient (Wildman–Crippen LogP) is 2.09. The average Bonchev–Trinajstić information content (AvgIpc) is 2.78. The van der Waals surface area contributed by atoms with Crippen molar-refractivity contribution in [3.8, 4) is 0 Å². The van der Waals surface area contributed by atoms with E-state index >= 15 is 0 Å². The summed E-state index contributed by atoms with van der Waals surface area (Å²) in [5.74, 6) is 1.91. The fourth-order valence-corrected chi connectivity index (χ4v) is 2.61. The van der Waals surface area contributed by atoms with Crippen LogP contribution in [0.25, 0.3) is 6.08 Å². The molecule has 0 radical (unpaired) electrons. The first-order chi connectivity index (χ1) is 7.79. The summed E-state index contributed by atoms with van der Waals surface area (Å²) in [7, 11) is 1.88. The van der Waals surface area contributed by atoms with Crippen molar-refractivity contribution in [1.82, 2.24) is 4.98 Å². The van der Waals surface area contributed by atoms with Gasteiger partial charge in [-0.3, -0.25) is 4.99 Å². The topological polar surface area (TPSA) is 40.5 Å². The molecule has 1 aromatic heterocycles. The van der Waals surface area contributed by atoms with Crippen LogP contribution in [-0.2, 0) is 0 Å². The van der Waals surface area contributed by atoms with Crippen LogP contribution >= 0.6 is 15.9 Å². The molecule has 0 bridgehead atoms. The minimum atomic E-state index is 0.856. The van der Waals surface area contributed by atoms with Crippen LogP contribution in [0.1, 0.15) is 5.56 Å². The van der Waals surface area contributed by atoms with Crippen molar-refractivity contribution in [3.05, 3.63) is 22.3 Å². The predicted molar refractivity (Wildman–Crippen MR) is 70.3 cm³/mol. The molecule has 3 rings (SSSR count). The van der Waals surface area contributed by atoms with Gasteiger partial charge in [-0.25, -0.2) is 4.98 Å². The lowest BCUT2D eigenvalue weighted by Gasteiger charge is -2.26. The van der Waals surface area contributed by atoms with Crippen molar-refractivity contribution in [2.45, 2.75) is 0 Å². The molecule has 1 aromatic rings. The zero-order valence-corrected chi connectivity index (χ0v) is 10.5. The molecule has 82 valence electrons. The van der Waals surface area contributed by atoms with E-state index in [1.165, 1.54) is 5.69 Å². The van der Waals surface area contributed by atoms with E-state index in [1.54, 1.807) is 0 Å². The van der Waals surface area contributed by atoms with Crippen LogP contribution in [-0.4, -0.2) is 31.0 Å². The molecule has 3 heterocycles. The molecule has 16 heavy (non-hydrogen) atoms. The molecule has 0 saturated heterocycles. The molecule has 0 aliphatic carbocycles. The van der Waals surface area contributed by atoms with Crippen LogP contribution < -0.4 is 10.2 Å². The molecule has 2 aliphatic heterocycles. The zero-order chi connectivity index (χ0) is 11.1. The van der Waals surface area contributed by atoms with Gasteiger partial charge in [0, 0.05) is 31.4 Å². The van der Waals surface area contributed by atoms with Gasteiger partial charge >= 0.3 is 0 Å². The highest BCUT2D eigenvalue weighted by Crippen LogP contribution is 2.34. The number of hydrogen-bond acceptors (Lipinski definition) is 4. The third-order valence-corrected chi connectivity index (χ3v) is 3.38. The Morgan fingerprint density at radius 3 is 3.19 bits per heavy atom. The van der Waals surface area contributed by atoms with E-state index in [9.17, 15) is 0 Å². The molecule has 0 amide bonds. The van der Waals surface area contributed by atoms with Gasteiger partial charge in [0.1, 0.15) is 11.7 Å². The Morgan fingerprint density at radius 2 is 2.38 bits per heavy atom. The summed E-state index contributed by atoms with van der Waals surface area (Å²) < 4.78 is 1.04. The minimum absolute atomic E-state index is 0.856. The fourth-order valence-electron chi connectivity index (χ4n) is 2.02. The second kappa shape index (κ2) is 3.59. The first-order valence-electron chi connectivity index (χ1n) is 5.17. The van der Waals surface area contributed by atoms with Gasteiger partial charge in [0.25, 0.3) is 0 Å². The molecular weight excluding hydrogens is 268 g/mol. The maximum atomic E-state index is 4.48. The lowest BCUT2D eigenvalue weighted by atomic mass is 10.1. The van der Waals surface area contributed by atoms with Crippen LogP contribution in [0.2, 0.25) is 0 Å². The summed E-state index contributed by atoms with van der Waals surface area (Å²) in [6.45, 7) is 1.80. The average molecular weight is 279 g/mol. The summed E-state index contributed by atoms with van der Waals surface area (Å²) in [5.41, 5.74) is 2.31. The van der Waals surface area contributed by atoms with Crippen molar-refractivity contribution < 1.29 is 0 Å². The van der Waals surface area contributed by atoms with Crippen LogP contribution in [0.4, 0.5) is 11.5 Å². The number of aromatic nitrogens is 1. The van der Waals surface area contributed by atoms with Crippen molar-refractivity contribution >= 4 is 39.3 Å². The number of aliphatic imine (C=N–C) groups is 1. The molecule has 2 aliphatic rings. The van der Waals surface area contributed by atoms with E-state index in [0.29, 0.717) is 0 Å². The van der Waals surface area contributed by atoms with Gasteiger partial charge < -0.3 is 10.2 Å². The second-order valence-corrected chi connectivity index (χ2v) is 4.58. The first kappa shape index (κ1) is 9.84. The number of amidine groups is 1. The normalized spacial score (nSPS) is 17.5. The molecule has 4 nitrogen and oxygen atoms in total. The number of nitrogens with zero attached hydrogens (tertiary/aromatic N) is 3. The number of nitrogens with one attached hydrogen (secondary N) is 1. The molecular formula is C11H11BrN4. The van der Waals surface area contributed by atoms with Gasteiger partial charge in [0.05, 0.1) is 16.7 Å². The van der Waals surface area contributed by atoms with Crippen molar-refractivity contribution in [3.63, 3.8) is 0 Å². The number of fused-ring (bicyclic) bond motifs is 3. The third-order valence-electron chi connectivity index (χ3n) is 2.80. The van der Waals surface area contributed by atoms with E-state index in [1.807, 2.05) is 13.2 Å². The molecule has 1 N–H and O–H groups in total. The lowest BCUT2D eigenvalue weighted by molar-refractivity contribution is 1.02. The molecule has 0 saturated carbocycles. The Labute approximate surface area is 102 Å². The molecule has 0 unspecified atom stereocenters. The van der Waals surface area contributed by atoms with Gasteiger partial charge in [-0.2, -0.15) is 0 Å². The smallest absolute Gasteiger partial charge is 0.142 e. The SMILES string of the molecule is CNc1cc2c(cn1)C=C(Br)C1=NCCN12. The highest BCUT2D eigenvalue weighted by molar-refractivity contribution is 9.12. The minimum Gasteiger partial charge on any atom is -0.373 e. The van der Waals surface area contributed by atoms with Crippen LogP contribution in [0.3, 0.4) is 0 Å². The first-order valence-corrected chi connectivity index (χ1v) is 5.96. The van der Waals surface area contributed by atoms with E-state index in [4.69, 9.17) is 0 Å². The van der Waals surface area contributed by atoms with Crippen molar-refractivity contribution in [2.75, 3.05) is 30.4 Å². The highest BCUT2D eigenvalue weighted by atomic mass is 79.9. The Morgan fingerprint density at radius 1 is 1.50 bits per heavy atom. The van der Waals surface area contributed by atoms with Gasteiger partial charge in [0.15, 0.2) is 0 Å². The third kappa shape index (κ3) is 1.35. The number of pyridine rings is 1. The van der Waals surface area contributed by atoms with Crippen LogP contribution in [0.15, 0.2) is 21.7 Å². The largest absolute Gasteiger partial charge is 0.373 e. The Bertz CT molecular complexity index is 507. The molecule has 5 heteroatoms. The zero-order valence-electron chi connectivity index (χ0n) is 8.87. The van der Waals surface area contributed by atoms with E-state index in [0.717, 1.165) is 34.8 Å². The van der Waals surface area contributed by atoms with E-state index in [2.05, 4.69) is 48.3 Å². The van der Waals surface area contributed by atoms with Gasteiger partial charge in [-0.05, 0) is 22.0 Å². The Hall–Kier alpha value is -1.36. The lowest BCUT2D eigenvalue weighted by Crippen LogP contribution is -2.30. The van der Waals surface area contributed by atoms with Gasteiger partial charge in [-0.1, -0.05) is 0 Å². The monoisotopic (exact) mass is 278 g/mol. The highest BCUT2D eigenvalue weighted by Gasteiger charge is 2.26. The van der Waals surface area contributed by atoms with Crippen molar-refractivity contribution in [2.24, 2.45) is 4.99 Å². The van der Waals surface area contributed by atoms with Crippen LogP contribution in [0, 0.1) is 0 Å². The molecule has 0 atom stereocenters. The van der Waals surface area contributed by atoms with E-state index in [-0.39, 0.29) is 0 Å². The standard InChI is InChI=1S/C11H11BrN4/c1-13-10-5-9-7(6-15-10)4-8(12)11-14-2-3-16(9)11/h4-6H,2-3H2,1H3,(H,13,15). The summed E-state index contributed by atoms with van der Waals surface area (Å²) in [6.07, 6.45) is 3.96. The number of hydrogen-bond donors (Lipinski definition) is 1. The molecule has 0 spiro atoms.